The molecule has 0 unspecified atom stereocenters. The summed E-state index contributed by atoms with van der Waals surface area (Å²) in [6, 6.07) is 6.43. The van der Waals surface area contributed by atoms with Gasteiger partial charge in [0.1, 0.15) is 5.75 Å². The van der Waals surface area contributed by atoms with Crippen molar-refractivity contribution in [1.29, 1.82) is 0 Å². The summed E-state index contributed by atoms with van der Waals surface area (Å²) >= 11 is 0. The molecule has 22 heavy (non-hydrogen) atoms. The zero-order chi connectivity index (χ0) is 16.3. The Morgan fingerprint density at radius 3 is 2.77 bits per heavy atom. The van der Waals surface area contributed by atoms with Crippen molar-refractivity contribution in [3.05, 3.63) is 41.1 Å². The Balaban J connectivity index is 2.50. The number of carbonyl (C=O) groups is 2. The fourth-order valence-corrected chi connectivity index (χ4v) is 2.38. The Kier molecular flexibility index (Phi) is 4.70. The van der Waals surface area contributed by atoms with Gasteiger partial charge in [0.25, 0.3) is 0 Å². The van der Waals surface area contributed by atoms with Gasteiger partial charge in [-0.1, -0.05) is 12.1 Å². The molecule has 1 aromatic rings. The summed E-state index contributed by atoms with van der Waals surface area (Å²) in [6.07, 6.45) is 0. The van der Waals surface area contributed by atoms with Crippen LogP contribution in [0, 0.1) is 0 Å². The van der Waals surface area contributed by atoms with Gasteiger partial charge < -0.3 is 19.7 Å². The molecule has 1 aliphatic heterocycles. The molecule has 1 aliphatic rings. The summed E-state index contributed by atoms with van der Waals surface area (Å²) in [5, 5.41) is 2.83. The topological polar surface area (TPSA) is 67.9 Å². The van der Waals surface area contributed by atoms with Crippen LogP contribution in [0.4, 0.5) is 4.79 Å². The van der Waals surface area contributed by atoms with Crippen LogP contribution in [0.1, 0.15) is 25.5 Å². The van der Waals surface area contributed by atoms with E-state index >= 15 is 0 Å². The highest BCUT2D eigenvalue weighted by atomic mass is 16.5. The molecule has 1 N–H and O–H groups in total. The molecule has 6 nitrogen and oxygen atoms in total. The predicted octanol–water partition coefficient (Wildman–Crippen LogP) is 2.23. The number of hydrogen-bond acceptors (Lipinski definition) is 4. The summed E-state index contributed by atoms with van der Waals surface area (Å²) in [7, 11) is 3.19. The van der Waals surface area contributed by atoms with Crippen molar-refractivity contribution in [2.75, 3.05) is 20.8 Å². The van der Waals surface area contributed by atoms with Crippen molar-refractivity contribution in [1.82, 2.24) is 10.2 Å². The standard InChI is InChI=1S/C16H20N2O4/c1-5-22-15(19)13-10(2)18(3)16(20)17-14(13)11-7-6-8-12(9-11)21-4/h6-9,14H,5H2,1-4H3,(H,17,20)/t14-/m0/s1. The van der Waals surface area contributed by atoms with Gasteiger partial charge >= 0.3 is 12.0 Å². The number of ether oxygens (including phenoxy) is 2. The summed E-state index contributed by atoms with van der Waals surface area (Å²) in [6.45, 7) is 3.76. The van der Waals surface area contributed by atoms with Crippen molar-refractivity contribution >= 4 is 12.0 Å². The second-order valence-corrected chi connectivity index (χ2v) is 4.94. The first-order valence-corrected chi connectivity index (χ1v) is 7.05. The molecule has 1 aromatic carbocycles. The summed E-state index contributed by atoms with van der Waals surface area (Å²) in [5.74, 6) is 0.228. The molecule has 118 valence electrons. The number of hydrogen-bond donors (Lipinski definition) is 1. The van der Waals surface area contributed by atoms with Gasteiger partial charge in [-0.15, -0.1) is 0 Å². The van der Waals surface area contributed by atoms with Gasteiger partial charge in [0.15, 0.2) is 0 Å². The Labute approximate surface area is 129 Å². The van der Waals surface area contributed by atoms with Crippen LogP contribution in [0.15, 0.2) is 35.5 Å². The minimum absolute atomic E-state index is 0.265. The van der Waals surface area contributed by atoms with E-state index in [2.05, 4.69) is 5.32 Å². The number of methoxy groups -OCH3 is 1. The molecule has 6 heteroatoms. The smallest absolute Gasteiger partial charge is 0.338 e. The minimum atomic E-state index is -0.558. The van der Waals surface area contributed by atoms with Gasteiger partial charge in [-0.05, 0) is 31.5 Å². The zero-order valence-electron chi connectivity index (χ0n) is 13.2. The average Bonchev–Trinajstić information content (AvgIpc) is 2.52. The van der Waals surface area contributed by atoms with Crippen LogP contribution in [0.25, 0.3) is 0 Å². The maximum atomic E-state index is 12.3. The lowest BCUT2D eigenvalue weighted by atomic mass is 9.95. The molecule has 2 rings (SSSR count). The Morgan fingerprint density at radius 2 is 2.14 bits per heavy atom. The normalized spacial score (nSPS) is 18.1. The van der Waals surface area contributed by atoms with E-state index < -0.39 is 12.0 Å². The maximum absolute atomic E-state index is 12.3. The van der Waals surface area contributed by atoms with E-state index in [1.54, 1.807) is 40.1 Å². The van der Waals surface area contributed by atoms with Crippen LogP contribution in [0.2, 0.25) is 0 Å². The van der Waals surface area contributed by atoms with Gasteiger partial charge in [-0.25, -0.2) is 9.59 Å². The van der Waals surface area contributed by atoms with Crippen LogP contribution in [0.5, 0.6) is 5.75 Å². The summed E-state index contributed by atoms with van der Waals surface area (Å²) in [4.78, 5) is 25.8. The Bertz CT molecular complexity index is 624. The van der Waals surface area contributed by atoms with Gasteiger partial charge in [-0.3, -0.25) is 0 Å². The van der Waals surface area contributed by atoms with Gasteiger partial charge in [0.05, 0.1) is 25.3 Å². The van der Waals surface area contributed by atoms with Gasteiger partial charge in [-0.2, -0.15) is 0 Å². The molecular formula is C16H20N2O4. The van der Waals surface area contributed by atoms with Crippen molar-refractivity contribution in [2.45, 2.75) is 19.9 Å². The Hall–Kier alpha value is -2.50. The number of nitrogens with one attached hydrogen (secondary N) is 1. The van der Waals surface area contributed by atoms with E-state index in [0.29, 0.717) is 17.0 Å². The molecule has 0 bridgehead atoms. The second-order valence-electron chi connectivity index (χ2n) is 4.94. The van der Waals surface area contributed by atoms with E-state index in [9.17, 15) is 9.59 Å². The van der Waals surface area contributed by atoms with Crippen molar-refractivity contribution in [3.63, 3.8) is 0 Å². The minimum Gasteiger partial charge on any atom is -0.497 e. The first kappa shape index (κ1) is 15.9. The molecule has 0 aliphatic carbocycles. The molecule has 1 atom stereocenters. The predicted molar refractivity (Wildman–Crippen MR) is 81.4 cm³/mol. The highest BCUT2D eigenvalue weighted by molar-refractivity contribution is 5.95. The number of allylic oxidation sites excluding steroid dienone is 1. The van der Waals surface area contributed by atoms with Crippen molar-refractivity contribution in [3.8, 4) is 5.75 Å². The largest absolute Gasteiger partial charge is 0.497 e. The molecule has 0 fully saturated rings. The van der Waals surface area contributed by atoms with Crippen molar-refractivity contribution in [2.24, 2.45) is 0 Å². The maximum Gasteiger partial charge on any atom is 0.338 e. The monoisotopic (exact) mass is 304 g/mol. The number of benzene rings is 1. The highest BCUT2D eigenvalue weighted by Crippen LogP contribution is 2.32. The first-order valence-electron chi connectivity index (χ1n) is 7.05. The van der Waals surface area contributed by atoms with E-state index in [0.717, 1.165) is 5.56 Å². The number of carbonyl (C=O) groups excluding carboxylic acids is 2. The number of rotatable bonds is 4. The van der Waals surface area contributed by atoms with Crippen LogP contribution in [-0.4, -0.2) is 37.7 Å². The SMILES string of the molecule is CCOC(=O)C1=C(C)N(C)C(=O)N[C@H]1c1cccc(OC)c1. The van der Waals surface area contributed by atoms with Crippen LogP contribution in [-0.2, 0) is 9.53 Å². The van der Waals surface area contributed by atoms with E-state index in [1.807, 2.05) is 12.1 Å². The third-order valence-corrected chi connectivity index (χ3v) is 3.68. The first-order chi connectivity index (χ1) is 10.5. The molecular weight excluding hydrogens is 284 g/mol. The Morgan fingerprint density at radius 1 is 1.41 bits per heavy atom. The van der Waals surface area contributed by atoms with Gasteiger partial charge in [0.2, 0.25) is 0 Å². The van der Waals surface area contributed by atoms with E-state index in [1.165, 1.54) is 4.90 Å². The third kappa shape index (κ3) is 2.90. The molecule has 0 aromatic heterocycles. The molecule has 1 heterocycles. The van der Waals surface area contributed by atoms with Gasteiger partial charge in [0, 0.05) is 12.7 Å². The number of esters is 1. The third-order valence-electron chi connectivity index (χ3n) is 3.68. The number of amides is 2. The second kappa shape index (κ2) is 6.51. The molecule has 0 spiro atoms. The summed E-state index contributed by atoms with van der Waals surface area (Å²) < 4.78 is 10.3. The molecule has 0 radical (unpaired) electrons. The van der Waals surface area contributed by atoms with E-state index in [4.69, 9.17) is 9.47 Å². The average molecular weight is 304 g/mol. The quantitative estimate of drug-likeness (QED) is 0.866. The number of urea groups is 1. The fourth-order valence-electron chi connectivity index (χ4n) is 2.38. The lowest BCUT2D eigenvalue weighted by Gasteiger charge is -2.33. The van der Waals surface area contributed by atoms with Crippen LogP contribution >= 0.6 is 0 Å². The van der Waals surface area contributed by atoms with E-state index in [-0.39, 0.29) is 12.6 Å². The number of nitrogens with zero attached hydrogens (tertiary/aromatic N) is 1. The lowest BCUT2D eigenvalue weighted by molar-refractivity contribution is -0.139. The fraction of sp³-hybridized carbons (Fsp3) is 0.375. The van der Waals surface area contributed by atoms with Crippen LogP contribution in [0.3, 0.4) is 0 Å². The lowest BCUT2D eigenvalue weighted by Crippen LogP contribution is -2.46. The zero-order valence-corrected chi connectivity index (χ0v) is 13.2. The molecule has 0 saturated carbocycles. The van der Waals surface area contributed by atoms with Crippen LogP contribution < -0.4 is 10.1 Å². The highest BCUT2D eigenvalue weighted by Gasteiger charge is 2.34. The molecule has 2 amide bonds. The molecule has 0 saturated heterocycles. The summed E-state index contributed by atoms with van der Waals surface area (Å²) in [5.41, 5.74) is 1.77. The van der Waals surface area contributed by atoms with Crippen molar-refractivity contribution < 1.29 is 19.1 Å².